The van der Waals surface area contributed by atoms with Crippen LogP contribution in [0.3, 0.4) is 0 Å². The van der Waals surface area contributed by atoms with Crippen molar-refractivity contribution in [3.05, 3.63) is 53.6 Å². The average Bonchev–Trinajstić information content (AvgIpc) is 3.38. The second kappa shape index (κ2) is 10.1. The van der Waals surface area contributed by atoms with E-state index >= 15 is 0 Å². The molecule has 2 N–H and O–H groups in total. The Morgan fingerprint density at radius 3 is 2.34 bits per heavy atom. The number of aromatic hydroxyl groups is 1. The van der Waals surface area contributed by atoms with Crippen molar-refractivity contribution in [3.63, 3.8) is 0 Å². The second-order valence-corrected chi connectivity index (χ2v) is 11.2. The maximum Gasteiger partial charge on any atom is 0.335 e. The molecule has 38 heavy (non-hydrogen) atoms. The largest absolute Gasteiger partial charge is 0.507 e. The molecule has 4 saturated carbocycles. The summed E-state index contributed by atoms with van der Waals surface area (Å²) in [6.07, 6.45) is 7.40. The normalized spacial score (nSPS) is 25.6. The van der Waals surface area contributed by atoms with Gasteiger partial charge >= 0.3 is 5.97 Å². The van der Waals surface area contributed by atoms with E-state index < -0.39 is 5.97 Å². The topological polar surface area (TPSA) is 111 Å². The number of hydrogen-bond acceptors (Lipinski definition) is 7. The van der Waals surface area contributed by atoms with Crippen LogP contribution in [0, 0.1) is 17.8 Å². The van der Waals surface area contributed by atoms with Crippen molar-refractivity contribution in [1.82, 2.24) is 5.16 Å². The molecule has 4 fully saturated rings. The number of aromatic carboxylic acids is 1. The van der Waals surface area contributed by atoms with Crippen molar-refractivity contribution in [2.75, 3.05) is 27.1 Å². The number of carboxylic acids is 1. The summed E-state index contributed by atoms with van der Waals surface area (Å²) in [5.74, 6) is 2.42. The minimum atomic E-state index is -0.981. The molecule has 0 amide bonds. The Hall–Kier alpha value is -3.36. The smallest absolute Gasteiger partial charge is 0.335 e. The van der Waals surface area contributed by atoms with E-state index in [0.29, 0.717) is 36.0 Å². The van der Waals surface area contributed by atoms with Crippen LogP contribution < -0.4 is 4.74 Å². The molecule has 0 radical (unpaired) electrons. The number of carbonyl (C=O) groups is 1. The molecule has 4 aliphatic rings. The summed E-state index contributed by atoms with van der Waals surface area (Å²) in [5, 5.41) is 24.5. The number of carboxylic acid groups (broad SMARTS) is 1. The first-order valence-electron chi connectivity index (χ1n) is 13.3. The highest BCUT2D eigenvalue weighted by atomic mass is 16.7. The second-order valence-electron chi connectivity index (χ2n) is 11.2. The van der Waals surface area contributed by atoms with Crippen LogP contribution in [-0.2, 0) is 14.9 Å². The van der Waals surface area contributed by atoms with Gasteiger partial charge in [-0.05, 0) is 79.9 Å². The molecule has 4 aliphatic carbocycles. The Morgan fingerprint density at radius 1 is 1.03 bits per heavy atom. The molecule has 0 saturated heterocycles. The molecule has 1 heterocycles. The lowest BCUT2D eigenvalue weighted by Crippen LogP contribution is -2.48. The van der Waals surface area contributed by atoms with E-state index in [2.05, 4.69) is 5.16 Å². The van der Waals surface area contributed by atoms with Gasteiger partial charge in [0.15, 0.2) is 12.6 Å². The molecule has 7 rings (SSSR count). The summed E-state index contributed by atoms with van der Waals surface area (Å²) >= 11 is 0. The number of rotatable bonds is 10. The highest BCUT2D eigenvalue weighted by molar-refractivity contribution is 5.88. The molecule has 0 atom stereocenters. The van der Waals surface area contributed by atoms with E-state index in [1.165, 1.54) is 31.4 Å². The van der Waals surface area contributed by atoms with Gasteiger partial charge in [-0.3, -0.25) is 0 Å². The number of methoxy groups -OCH3 is 1. The molecule has 200 valence electrons. The van der Waals surface area contributed by atoms with Gasteiger partial charge in [-0.25, -0.2) is 4.79 Å². The van der Waals surface area contributed by atoms with Crippen molar-refractivity contribution in [1.29, 1.82) is 0 Å². The predicted molar refractivity (Wildman–Crippen MR) is 139 cm³/mol. The van der Waals surface area contributed by atoms with Crippen molar-refractivity contribution >= 4 is 5.97 Å². The van der Waals surface area contributed by atoms with E-state index in [4.69, 9.17) is 18.7 Å². The molecule has 8 nitrogen and oxygen atoms in total. The van der Waals surface area contributed by atoms with Gasteiger partial charge in [0.25, 0.3) is 0 Å². The Morgan fingerprint density at radius 2 is 1.71 bits per heavy atom. The van der Waals surface area contributed by atoms with Crippen LogP contribution in [0.5, 0.6) is 11.5 Å². The SMILES string of the molecule is COCCOCOc1cc(O)c(-c2cc(-c3ccc(C(=O)O)cc3)no2)cc1C12CC3CC(CC(C3)C1)C2. The highest BCUT2D eigenvalue weighted by Gasteiger charge is 2.52. The Kier molecular flexibility index (Phi) is 6.61. The first-order chi connectivity index (χ1) is 18.4. The molecular formula is C30H33NO7. The van der Waals surface area contributed by atoms with Crippen molar-refractivity contribution in [2.45, 2.75) is 43.9 Å². The lowest BCUT2D eigenvalue weighted by Gasteiger charge is -2.57. The summed E-state index contributed by atoms with van der Waals surface area (Å²) in [6, 6.07) is 12.0. The van der Waals surface area contributed by atoms with Crippen LogP contribution in [0.4, 0.5) is 0 Å². The molecule has 0 unspecified atom stereocenters. The molecule has 8 heteroatoms. The van der Waals surface area contributed by atoms with Gasteiger partial charge in [0.05, 0.1) is 24.3 Å². The summed E-state index contributed by atoms with van der Waals surface area (Å²) < 4.78 is 22.5. The summed E-state index contributed by atoms with van der Waals surface area (Å²) in [7, 11) is 1.63. The average molecular weight is 520 g/mol. The van der Waals surface area contributed by atoms with E-state index in [1.54, 1.807) is 31.4 Å². The Bertz CT molecular complexity index is 1280. The minimum absolute atomic E-state index is 0.0224. The van der Waals surface area contributed by atoms with Gasteiger partial charge < -0.3 is 28.9 Å². The standard InChI is InChI=1S/C30H33NO7/c1-35-6-7-36-17-37-28-13-26(32)23(11-24(28)30-14-18-8-19(15-30)10-20(9-18)16-30)27-12-25(31-38-27)21-2-4-22(5-3-21)29(33)34/h2-5,11-13,18-20,32H,6-10,14-17H2,1H3,(H,33,34). The predicted octanol–water partition coefficient (Wildman–Crippen LogP) is 5.88. The maximum absolute atomic E-state index is 11.2. The van der Waals surface area contributed by atoms with Crippen LogP contribution in [0.15, 0.2) is 47.0 Å². The molecule has 0 aliphatic heterocycles. The zero-order valence-corrected chi connectivity index (χ0v) is 21.5. The minimum Gasteiger partial charge on any atom is -0.507 e. The molecule has 1 aromatic heterocycles. The lowest BCUT2D eigenvalue weighted by molar-refractivity contribution is -0.0190. The molecule has 2 aromatic carbocycles. The first kappa shape index (κ1) is 24.9. The van der Waals surface area contributed by atoms with Crippen molar-refractivity contribution in [2.24, 2.45) is 17.8 Å². The highest BCUT2D eigenvalue weighted by Crippen LogP contribution is 2.62. The third kappa shape index (κ3) is 4.67. The van der Waals surface area contributed by atoms with Gasteiger partial charge in [0.1, 0.15) is 17.2 Å². The maximum atomic E-state index is 11.2. The van der Waals surface area contributed by atoms with Crippen molar-refractivity contribution in [3.8, 4) is 34.1 Å². The Labute approximate surface area is 221 Å². The third-order valence-electron chi connectivity index (χ3n) is 8.64. The van der Waals surface area contributed by atoms with Gasteiger partial charge in [-0.2, -0.15) is 0 Å². The fourth-order valence-corrected chi connectivity index (χ4v) is 7.37. The lowest BCUT2D eigenvalue weighted by atomic mass is 9.48. The summed E-state index contributed by atoms with van der Waals surface area (Å²) in [5.41, 5.74) is 3.22. The van der Waals surface area contributed by atoms with Crippen LogP contribution in [0.2, 0.25) is 0 Å². The fraction of sp³-hybridized carbons (Fsp3) is 0.467. The zero-order chi connectivity index (χ0) is 26.3. The number of phenolic OH excluding ortho intramolecular Hbond substituents is 1. The van der Waals surface area contributed by atoms with Crippen LogP contribution in [-0.4, -0.2) is 48.5 Å². The third-order valence-corrected chi connectivity index (χ3v) is 8.64. The Balaban J connectivity index is 1.34. The van der Waals surface area contributed by atoms with Crippen LogP contribution in [0.25, 0.3) is 22.6 Å². The molecule has 4 bridgehead atoms. The van der Waals surface area contributed by atoms with E-state index in [0.717, 1.165) is 48.1 Å². The number of phenols is 1. The van der Waals surface area contributed by atoms with E-state index in [1.807, 2.05) is 6.07 Å². The van der Waals surface area contributed by atoms with E-state index in [-0.39, 0.29) is 23.5 Å². The number of benzene rings is 2. The molecular weight excluding hydrogens is 486 g/mol. The first-order valence-corrected chi connectivity index (χ1v) is 13.3. The molecule has 0 spiro atoms. The monoisotopic (exact) mass is 519 g/mol. The number of hydrogen-bond donors (Lipinski definition) is 2. The van der Waals surface area contributed by atoms with Gasteiger partial charge in [-0.1, -0.05) is 17.3 Å². The van der Waals surface area contributed by atoms with Crippen LogP contribution in [0.1, 0.15) is 54.4 Å². The van der Waals surface area contributed by atoms with Crippen molar-refractivity contribution < 1.29 is 33.7 Å². The molecule has 3 aromatic rings. The van der Waals surface area contributed by atoms with Gasteiger partial charge in [-0.15, -0.1) is 0 Å². The zero-order valence-electron chi connectivity index (χ0n) is 21.5. The van der Waals surface area contributed by atoms with Gasteiger partial charge in [0.2, 0.25) is 0 Å². The number of aromatic nitrogens is 1. The number of ether oxygens (including phenoxy) is 3. The van der Waals surface area contributed by atoms with Gasteiger partial charge in [0, 0.05) is 30.4 Å². The fourth-order valence-electron chi connectivity index (χ4n) is 7.37. The summed E-state index contributed by atoms with van der Waals surface area (Å²) in [6.45, 7) is 1.00. The van der Waals surface area contributed by atoms with E-state index in [9.17, 15) is 15.0 Å². The number of nitrogens with zero attached hydrogens (tertiary/aromatic N) is 1. The quantitative estimate of drug-likeness (QED) is 0.252. The summed E-state index contributed by atoms with van der Waals surface area (Å²) in [4.78, 5) is 11.2. The van der Waals surface area contributed by atoms with Crippen LogP contribution >= 0.6 is 0 Å².